The number of hydrogen-bond donors (Lipinski definition) is 2. The van der Waals surface area contributed by atoms with Crippen LogP contribution < -0.4 is 5.32 Å². The SMILES string of the molecule is CC(C)C(=O)N1CCC(CNC(=O)c2c[nH]n3ccnc23)CC1. The first-order valence-corrected chi connectivity index (χ1v) is 8.13. The van der Waals surface area contributed by atoms with Gasteiger partial charge in [-0.05, 0) is 18.8 Å². The summed E-state index contributed by atoms with van der Waals surface area (Å²) in [6.45, 7) is 6.07. The Balaban J connectivity index is 1.49. The smallest absolute Gasteiger partial charge is 0.256 e. The fourth-order valence-corrected chi connectivity index (χ4v) is 3.03. The van der Waals surface area contributed by atoms with Gasteiger partial charge in [0.2, 0.25) is 5.91 Å². The van der Waals surface area contributed by atoms with Gasteiger partial charge in [0.1, 0.15) is 5.56 Å². The number of aromatic amines is 1. The van der Waals surface area contributed by atoms with Gasteiger partial charge in [0.15, 0.2) is 5.65 Å². The van der Waals surface area contributed by atoms with Crippen LogP contribution in [0.3, 0.4) is 0 Å². The van der Waals surface area contributed by atoms with Crippen LogP contribution in [0.5, 0.6) is 0 Å². The van der Waals surface area contributed by atoms with Crippen molar-refractivity contribution in [2.24, 2.45) is 11.8 Å². The molecular formula is C16H23N5O2. The molecule has 2 amide bonds. The number of likely N-dealkylation sites (tertiary alicyclic amines) is 1. The highest BCUT2D eigenvalue weighted by molar-refractivity contribution is 5.99. The number of nitrogens with one attached hydrogen (secondary N) is 2. The Morgan fingerprint density at radius 3 is 2.83 bits per heavy atom. The second kappa shape index (κ2) is 6.44. The minimum absolute atomic E-state index is 0.0526. The molecule has 1 aliphatic heterocycles. The summed E-state index contributed by atoms with van der Waals surface area (Å²) in [5, 5.41) is 5.95. The highest BCUT2D eigenvalue weighted by atomic mass is 16.2. The summed E-state index contributed by atoms with van der Waals surface area (Å²) in [5.41, 5.74) is 1.20. The number of imidazole rings is 1. The molecule has 124 valence electrons. The molecule has 0 bridgehead atoms. The van der Waals surface area contributed by atoms with Crippen molar-refractivity contribution in [2.45, 2.75) is 26.7 Å². The van der Waals surface area contributed by atoms with Crippen molar-refractivity contribution in [3.05, 3.63) is 24.2 Å². The Hall–Kier alpha value is -2.31. The summed E-state index contributed by atoms with van der Waals surface area (Å²) in [6.07, 6.45) is 6.97. The molecule has 0 unspecified atom stereocenters. The molecule has 1 fully saturated rings. The van der Waals surface area contributed by atoms with Crippen LogP contribution in [0.25, 0.3) is 5.65 Å². The van der Waals surface area contributed by atoms with Crippen LogP contribution >= 0.6 is 0 Å². The maximum atomic E-state index is 12.3. The molecule has 2 N–H and O–H groups in total. The second-order valence-electron chi connectivity index (χ2n) is 6.44. The molecule has 2 aromatic heterocycles. The molecule has 0 aliphatic carbocycles. The van der Waals surface area contributed by atoms with Gasteiger partial charge in [-0.25, -0.2) is 9.50 Å². The molecule has 0 radical (unpaired) electrons. The Labute approximate surface area is 135 Å². The number of rotatable bonds is 4. The van der Waals surface area contributed by atoms with Gasteiger partial charge in [-0.2, -0.15) is 0 Å². The first-order chi connectivity index (χ1) is 11.1. The average Bonchev–Trinajstić information content (AvgIpc) is 3.15. The molecule has 2 aromatic rings. The van der Waals surface area contributed by atoms with Gasteiger partial charge < -0.3 is 10.2 Å². The predicted octanol–water partition coefficient (Wildman–Crippen LogP) is 1.29. The largest absolute Gasteiger partial charge is 0.352 e. The zero-order valence-corrected chi connectivity index (χ0v) is 13.6. The number of aromatic nitrogens is 3. The summed E-state index contributed by atoms with van der Waals surface area (Å²) in [6, 6.07) is 0. The van der Waals surface area contributed by atoms with Crippen LogP contribution in [0.15, 0.2) is 18.6 Å². The van der Waals surface area contributed by atoms with E-state index in [1.165, 1.54) is 0 Å². The number of hydrogen-bond acceptors (Lipinski definition) is 3. The first-order valence-electron chi connectivity index (χ1n) is 8.13. The zero-order valence-electron chi connectivity index (χ0n) is 13.6. The van der Waals surface area contributed by atoms with Crippen molar-refractivity contribution < 1.29 is 9.59 Å². The van der Waals surface area contributed by atoms with E-state index in [4.69, 9.17) is 0 Å². The van der Waals surface area contributed by atoms with Crippen molar-refractivity contribution in [1.29, 1.82) is 0 Å². The molecule has 3 rings (SSSR count). The average molecular weight is 317 g/mol. The maximum absolute atomic E-state index is 12.3. The summed E-state index contributed by atoms with van der Waals surface area (Å²) in [5.74, 6) is 0.589. The van der Waals surface area contributed by atoms with Gasteiger partial charge in [-0.15, -0.1) is 0 Å². The predicted molar refractivity (Wildman–Crippen MR) is 86.0 cm³/mol. The standard InChI is InChI=1S/C16H23N5O2/c1-11(2)16(23)20-6-3-12(4-7-20)9-18-15(22)13-10-19-21-8-5-17-14(13)21/h5,8,10-12,19H,3-4,6-7,9H2,1-2H3,(H,18,22). The Kier molecular flexibility index (Phi) is 4.36. The van der Waals surface area contributed by atoms with Gasteiger partial charge in [0.25, 0.3) is 5.91 Å². The van der Waals surface area contributed by atoms with E-state index in [1.54, 1.807) is 23.1 Å². The van der Waals surface area contributed by atoms with E-state index in [9.17, 15) is 9.59 Å². The van der Waals surface area contributed by atoms with Crippen LogP contribution in [0, 0.1) is 11.8 Å². The molecule has 0 spiro atoms. The molecule has 23 heavy (non-hydrogen) atoms. The molecule has 7 nitrogen and oxygen atoms in total. The minimum atomic E-state index is -0.108. The highest BCUT2D eigenvalue weighted by Gasteiger charge is 2.24. The summed E-state index contributed by atoms with van der Waals surface area (Å²) >= 11 is 0. The number of piperidine rings is 1. The number of carbonyl (C=O) groups excluding carboxylic acids is 2. The molecule has 1 saturated heterocycles. The van der Waals surface area contributed by atoms with Gasteiger partial charge in [-0.1, -0.05) is 13.8 Å². The number of fused-ring (bicyclic) bond motifs is 1. The first kappa shape index (κ1) is 15.6. The van der Waals surface area contributed by atoms with E-state index in [1.807, 2.05) is 18.7 Å². The topological polar surface area (TPSA) is 82.5 Å². The van der Waals surface area contributed by atoms with E-state index in [0.717, 1.165) is 25.9 Å². The number of nitrogens with zero attached hydrogens (tertiary/aromatic N) is 3. The quantitative estimate of drug-likeness (QED) is 0.891. The van der Waals surface area contributed by atoms with Crippen molar-refractivity contribution in [2.75, 3.05) is 19.6 Å². The Morgan fingerprint density at radius 2 is 2.13 bits per heavy atom. The lowest BCUT2D eigenvalue weighted by molar-refractivity contribution is -0.135. The number of amides is 2. The van der Waals surface area contributed by atoms with E-state index in [-0.39, 0.29) is 17.7 Å². The fourth-order valence-electron chi connectivity index (χ4n) is 3.03. The molecule has 3 heterocycles. The summed E-state index contributed by atoms with van der Waals surface area (Å²) in [4.78, 5) is 30.3. The maximum Gasteiger partial charge on any atom is 0.256 e. The molecular weight excluding hydrogens is 294 g/mol. The summed E-state index contributed by atoms with van der Waals surface area (Å²) in [7, 11) is 0. The number of carbonyl (C=O) groups is 2. The van der Waals surface area contributed by atoms with Crippen LogP contribution in [-0.2, 0) is 4.79 Å². The second-order valence-corrected chi connectivity index (χ2v) is 6.44. The summed E-state index contributed by atoms with van der Waals surface area (Å²) < 4.78 is 1.71. The molecule has 7 heteroatoms. The highest BCUT2D eigenvalue weighted by Crippen LogP contribution is 2.18. The van der Waals surface area contributed by atoms with Gasteiger partial charge in [0, 0.05) is 44.1 Å². The third-order valence-electron chi connectivity index (χ3n) is 4.45. The van der Waals surface area contributed by atoms with Crippen LogP contribution in [0.4, 0.5) is 0 Å². The van der Waals surface area contributed by atoms with E-state index in [0.29, 0.717) is 23.7 Å². The number of H-pyrrole nitrogens is 1. The van der Waals surface area contributed by atoms with E-state index in [2.05, 4.69) is 15.4 Å². The van der Waals surface area contributed by atoms with Crippen LogP contribution in [0.1, 0.15) is 37.0 Å². The van der Waals surface area contributed by atoms with Gasteiger partial charge >= 0.3 is 0 Å². The van der Waals surface area contributed by atoms with Gasteiger partial charge in [0.05, 0.1) is 0 Å². The third kappa shape index (κ3) is 3.23. The molecule has 0 aromatic carbocycles. The molecule has 1 aliphatic rings. The van der Waals surface area contributed by atoms with E-state index >= 15 is 0 Å². The minimum Gasteiger partial charge on any atom is -0.352 e. The lowest BCUT2D eigenvalue weighted by atomic mass is 9.96. The van der Waals surface area contributed by atoms with E-state index < -0.39 is 0 Å². The van der Waals surface area contributed by atoms with Gasteiger partial charge in [-0.3, -0.25) is 14.7 Å². The normalized spacial score (nSPS) is 16.2. The molecule has 0 atom stereocenters. The third-order valence-corrected chi connectivity index (χ3v) is 4.45. The molecule has 0 saturated carbocycles. The zero-order chi connectivity index (χ0) is 16.4. The lowest BCUT2D eigenvalue weighted by Crippen LogP contribution is -2.43. The lowest BCUT2D eigenvalue weighted by Gasteiger charge is -2.33. The van der Waals surface area contributed by atoms with Crippen molar-refractivity contribution >= 4 is 17.5 Å². The van der Waals surface area contributed by atoms with Crippen molar-refractivity contribution in [3.8, 4) is 0 Å². The van der Waals surface area contributed by atoms with Crippen molar-refractivity contribution in [1.82, 2.24) is 24.8 Å². The van der Waals surface area contributed by atoms with Crippen molar-refractivity contribution in [3.63, 3.8) is 0 Å². The monoisotopic (exact) mass is 317 g/mol. The van der Waals surface area contributed by atoms with Crippen LogP contribution in [0.2, 0.25) is 0 Å². The fraction of sp³-hybridized carbons (Fsp3) is 0.562. The Bertz CT molecular complexity index is 694. The Morgan fingerprint density at radius 1 is 1.39 bits per heavy atom. The van der Waals surface area contributed by atoms with Crippen LogP contribution in [-0.4, -0.2) is 50.9 Å².